The van der Waals surface area contributed by atoms with Crippen molar-refractivity contribution in [3.8, 4) is 0 Å². The fourth-order valence-corrected chi connectivity index (χ4v) is 2.54. The zero-order valence-electron chi connectivity index (χ0n) is 10.8. The predicted octanol–water partition coefficient (Wildman–Crippen LogP) is 3.35. The molecule has 2 aromatic rings. The van der Waals surface area contributed by atoms with Gasteiger partial charge in [-0.25, -0.2) is 4.98 Å². The monoisotopic (exact) mass is 330 g/mol. The number of benzene rings is 1. The van der Waals surface area contributed by atoms with Crippen LogP contribution in [0.25, 0.3) is 0 Å². The molecule has 0 aliphatic rings. The fraction of sp³-hybridized carbons (Fsp3) is 0.167. The standard InChI is InChI=1S/C12H12Cl2N4OS/c1-18(2)12-17-10(15)9(20-12)11(19)16-6-3-4-7(13)8(14)5-6/h3-5H,15H2,1-2H3,(H,16,19). The quantitative estimate of drug-likeness (QED) is 0.905. The van der Waals surface area contributed by atoms with Crippen molar-refractivity contribution in [3.05, 3.63) is 33.1 Å². The van der Waals surface area contributed by atoms with Crippen LogP contribution in [-0.2, 0) is 0 Å². The lowest BCUT2D eigenvalue weighted by Gasteiger charge is -2.06. The Morgan fingerprint density at radius 2 is 2.05 bits per heavy atom. The summed E-state index contributed by atoms with van der Waals surface area (Å²) in [5, 5.41) is 4.18. The van der Waals surface area contributed by atoms with Crippen LogP contribution < -0.4 is 16.0 Å². The number of hydrogen-bond acceptors (Lipinski definition) is 5. The third kappa shape index (κ3) is 3.15. The number of carbonyl (C=O) groups is 1. The van der Waals surface area contributed by atoms with E-state index in [4.69, 9.17) is 28.9 Å². The molecule has 1 aromatic carbocycles. The molecule has 0 spiro atoms. The normalized spacial score (nSPS) is 10.4. The zero-order valence-corrected chi connectivity index (χ0v) is 13.1. The maximum absolute atomic E-state index is 12.2. The van der Waals surface area contributed by atoms with E-state index in [-0.39, 0.29) is 11.7 Å². The van der Waals surface area contributed by atoms with Gasteiger partial charge in [0.15, 0.2) is 5.13 Å². The number of anilines is 3. The van der Waals surface area contributed by atoms with Crippen molar-refractivity contribution in [1.29, 1.82) is 0 Å². The molecular formula is C12H12Cl2N4OS. The molecule has 1 heterocycles. The lowest BCUT2D eigenvalue weighted by Crippen LogP contribution is -2.12. The molecule has 2 rings (SSSR count). The van der Waals surface area contributed by atoms with Crippen LogP contribution in [0.1, 0.15) is 9.67 Å². The van der Waals surface area contributed by atoms with Gasteiger partial charge in [0.1, 0.15) is 10.7 Å². The second kappa shape index (κ2) is 5.87. The highest BCUT2D eigenvalue weighted by molar-refractivity contribution is 7.18. The van der Waals surface area contributed by atoms with Crippen molar-refractivity contribution in [1.82, 2.24) is 4.98 Å². The third-order valence-corrected chi connectivity index (χ3v) is 4.39. The van der Waals surface area contributed by atoms with Gasteiger partial charge in [-0.2, -0.15) is 0 Å². The molecule has 5 nitrogen and oxygen atoms in total. The average molecular weight is 331 g/mol. The van der Waals surface area contributed by atoms with Crippen LogP contribution >= 0.6 is 34.5 Å². The summed E-state index contributed by atoms with van der Waals surface area (Å²) in [6, 6.07) is 4.85. The van der Waals surface area contributed by atoms with Crippen molar-refractivity contribution >= 4 is 57.1 Å². The first kappa shape index (κ1) is 14.9. The van der Waals surface area contributed by atoms with Gasteiger partial charge >= 0.3 is 0 Å². The van der Waals surface area contributed by atoms with Crippen molar-refractivity contribution in [2.75, 3.05) is 30.0 Å². The molecule has 1 amide bonds. The summed E-state index contributed by atoms with van der Waals surface area (Å²) in [5.74, 6) is -0.122. The van der Waals surface area contributed by atoms with Crippen molar-refractivity contribution < 1.29 is 4.79 Å². The van der Waals surface area contributed by atoms with Gasteiger partial charge in [-0.1, -0.05) is 34.5 Å². The van der Waals surface area contributed by atoms with Gasteiger partial charge in [-0.3, -0.25) is 4.79 Å². The largest absolute Gasteiger partial charge is 0.382 e. The zero-order chi connectivity index (χ0) is 14.9. The van der Waals surface area contributed by atoms with E-state index in [1.807, 2.05) is 14.1 Å². The molecule has 8 heteroatoms. The van der Waals surface area contributed by atoms with Gasteiger partial charge in [-0.15, -0.1) is 0 Å². The van der Waals surface area contributed by atoms with E-state index in [0.29, 0.717) is 25.7 Å². The molecule has 1 aromatic heterocycles. The molecule has 0 fully saturated rings. The molecule has 0 saturated carbocycles. The van der Waals surface area contributed by atoms with Crippen LogP contribution in [-0.4, -0.2) is 25.0 Å². The highest BCUT2D eigenvalue weighted by Gasteiger charge is 2.17. The molecule has 20 heavy (non-hydrogen) atoms. The van der Waals surface area contributed by atoms with Crippen molar-refractivity contribution in [2.24, 2.45) is 0 Å². The SMILES string of the molecule is CN(C)c1nc(N)c(C(=O)Nc2ccc(Cl)c(Cl)c2)s1. The van der Waals surface area contributed by atoms with E-state index in [9.17, 15) is 4.79 Å². The summed E-state index contributed by atoms with van der Waals surface area (Å²) in [6.07, 6.45) is 0. The first-order chi connectivity index (χ1) is 9.38. The number of nitrogens with one attached hydrogen (secondary N) is 1. The molecule has 0 atom stereocenters. The summed E-state index contributed by atoms with van der Waals surface area (Å²) in [7, 11) is 3.66. The number of rotatable bonds is 3. The van der Waals surface area contributed by atoms with E-state index >= 15 is 0 Å². The second-order valence-corrected chi connectivity index (χ2v) is 5.98. The van der Waals surface area contributed by atoms with E-state index in [1.165, 1.54) is 11.3 Å². The Morgan fingerprint density at radius 3 is 2.60 bits per heavy atom. The maximum atomic E-state index is 12.2. The molecule has 3 N–H and O–H groups in total. The summed E-state index contributed by atoms with van der Waals surface area (Å²) in [5.41, 5.74) is 6.30. The molecule has 0 unspecified atom stereocenters. The second-order valence-electron chi connectivity index (χ2n) is 4.19. The molecular weight excluding hydrogens is 319 g/mol. The average Bonchev–Trinajstić information content (AvgIpc) is 2.76. The van der Waals surface area contributed by atoms with E-state index in [0.717, 1.165) is 0 Å². The number of nitrogen functional groups attached to an aromatic ring is 1. The first-order valence-electron chi connectivity index (χ1n) is 5.58. The number of nitrogens with zero attached hydrogens (tertiary/aromatic N) is 2. The summed E-state index contributed by atoms with van der Waals surface area (Å²) in [6.45, 7) is 0. The topological polar surface area (TPSA) is 71.2 Å². The van der Waals surface area contributed by atoms with Gasteiger partial charge < -0.3 is 16.0 Å². The number of hydrogen-bond donors (Lipinski definition) is 2. The lowest BCUT2D eigenvalue weighted by molar-refractivity contribution is 0.103. The van der Waals surface area contributed by atoms with Crippen LogP contribution in [0.3, 0.4) is 0 Å². The first-order valence-corrected chi connectivity index (χ1v) is 7.15. The van der Waals surface area contributed by atoms with Crippen molar-refractivity contribution in [3.63, 3.8) is 0 Å². The predicted molar refractivity (Wildman–Crippen MR) is 85.3 cm³/mol. The fourth-order valence-electron chi connectivity index (χ4n) is 1.44. The van der Waals surface area contributed by atoms with Crippen LogP contribution in [0.4, 0.5) is 16.6 Å². The number of thiazole rings is 1. The summed E-state index contributed by atoms with van der Waals surface area (Å²) >= 11 is 12.9. The highest BCUT2D eigenvalue weighted by Crippen LogP contribution is 2.29. The van der Waals surface area contributed by atoms with E-state index in [1.54, 1.807) is 23.1 Å². The van der Waals surface area contributed by atoms with Crippen LogP contribution in [0.5, 0.6) is 0 Å². The Bertz CT molecular complexity index is 657. The minimum atomic E-state index is -0.327. The number of halogens is 2. The molecule has 0 bridgehead atoms. The molecule has 0 radical (unpaired) electrons. The van der Waals surface area contributed by atoms with E-state index < -0.39 is 0 Å². The minimum absolute atomic E-state index is 0.205. The number of aromatic nitrogens is 1. The molecule has 0 saturated heterocycles. The molecule has 0 aliphatic carbocycles. The van der Waals surface area contributed by atoms with Gasteiger partial charge in [-0.05, 0) is 18.2 Å². The number of carbonyl (C=O) groups excluding carboxylic acids is 1. The number of nitrogens with two attached hydrogens (primary N) is 1. The Morgan fingerprint density at radius 1 is 1.35 bits per heavy atom. The summed E-state index contributed by atoms with van der Waals surface area (Å²) in [4.78, 5) is 18.4. The highest BCUT2D eigenvalue weighted by atomic mass is 35.5. The van der Waals surface area contributed by atoms with Gasteiger partial charge in [0.25, 0.3) is 5.91 Å². The van der Waals surface area contributed by atoms with Gasteiger partial charge in [0.05, 0.1) is 10.0 Å². The molecule has 106 valence electrons. The lowest BCUT2D eigenvalue weighted by atomic mass is 10.3. The number of amides is 1. The van der Waals surface area contributed by atoms with Gasteiger partial charge in [0.2, 0.25) is 0 Å². The van der Waals surface area contributed by atoms with Crippen LogP contribution in [0.2, 0.25) is 10.0 Å². The third-order valence-electron chi connectivity index (χ3n) is 2.41. The van der Waals surface area contributed by atoms with E-state index in [2.05, 4.69) is 10.3 Å². The Balaban J connectivity index is 2.21. The summed E-state index contributed by atoms with van der Waals surface area (Å²) < 4.78 is 0. The molecule has 0 aliphatic heterocycles. The Kier molecular flexibility index (Phi) is 4.37. The van der Waals surface area contributed by atoms with Crippen molar-refractivity contribution in [2.45, 2.75) is 0 Å². The smallest absolute Gasteiger partial charge is 0.269 e. The Hall–Kier alpha value is -1.50. The van der Waals surface area contributed by atoms with Gasteiger partial charge in [0, 0.05) is 19.8 Å². The van der Waals surface area contributed by atoms with Crippen LogP contribution in [0.15, 0.2) is 18.2 Å². The Labute approximate surface area is 130 Å². The minimum Gasteiger partial charge on any atom is -0.382 e. The maximum Gasteiger partial charge on any atom is 0.269 e. The van der Waals surface area contributed by atoms with Crippen LogP contribution in [0, 0.1) is 0 Å².